The zero-order valence-electron chi connectivity index (χ0n) is 14.3. The Kier molecular flexibility index (Phi) is 2.73. The highest BCUT2D eigenvalue weighted by Gasteiger charge is 2.19. The molecule has 0 fully saturated rings. The average Bonchev–Trinajstić information content (AvgIpc) is 2.70. The number of aromatic nitrogens is 2. The summed E-state index contributed by atoms with van der Waals surface area (Å²) in [5.41, 5.74) is 3.99. The second kappa shape index (κ2) is 4.88. The van der Waals surface area contributed by atoms with E-state index in [-0.39, 0.29) is 11.4 Å². The monoisotopic (exact) mass is 332 g/mol. The van der Waals surface area contributed by atoms with Crippen LogP contribution in [0.3, 0.4) is 0 Å². The van der Waals surface area contributed by atoms with Crippen molar-refractivity contribution in [3.8, 4) is 12.1 Å². The van der Waals surface area contributed by atoms with Crippen LogP contribution in [0.5, 0.6) is 0 Å². The zero-order valence-corrected chi connectivity index (χ0v) is 14.3. The quantitative estimate of drug-likeness (QED) is 0.299. The summed E-state index contributed by atoms with van der Waals surface area (Å²) in [4.78, 5) is 9.04. The largest absolute Gasteiger partial charge is 0.232 e. The van der Waals surface area contributed by atoms with E-state index in [9.17, 15) is 10.5 Å². The van der Waals surface area contributed by atoms with Gasteiger partial charge in [0.1, 0.15) is 12.1 Å². The van der Waals surface area contributed by atoms with Gasteiger partial charge in [0.2, 0.25) is 0 Å². The van der Waals surface area contributed by atoms with Crippen LogP contribution in [0.2, 0.25) is 0 Å². The molecule has 5 rings (SSSR count). The topological polar surface area (TPSA) is 73.4 Å². The van der Waals surface area contributed by atoms with Crippen LogP contribution in [0.25, 0.3) is 43.4 Å². The van der Waals surface area contributed by atoms with Gasteiger partial charge in [-0.05, 0) is 46.5 Å². The minimum absolute atomic E-state index is 0.0720. The van der Waals surface area contributed by atoms with E-state index in [2.05, 4.69) is 35.9 Å². The van der Waals surface area contributed by atoms with Crippen molar-refractivity contribution in [1.82, 2.24) is 9.97 Å². The maximum absolute atomic E-state index is 9.37. The van der Waals surface area contributed by atoms with Crippen LogP contribution in [0, 0.1) is 36.5 Å². The average molecular weight is 332 g/mol. The summed E-state index contributed by atoms with van der Waals surface area (Å²) < 4.78 is 0. The molecule has 0 radical (unpaired) electrons. The fourth-order valence-corrected chi connectivity index (χ4v) is 4.03. The summed E-state index contributed by atoms with van der Waals surface area (Å²) in [6.07, 6.45) is 0. The molecule has 0 amide bonds. The highest BCUT2D eigenvalue weighted by molar-refractivity contribution is 6.33. The standard InChI is InChI=1S/C22H12N4/c1-11-12(2)14-6-4-8-16-20(14)19-13(11)5-3-7-15(19)21-22(16)26-18(10-24)17(9-23)25-21/h3-8H,1-2H3. The molecule has 0 N–H and O–H groups in total. The molecule has 1 aromatic heterocycles. The lowest BCUT2D eigenvalue weighted by Gasteiger charge is -2.17. The molecule has 0 atom stereocenters. The van der Waals surface area contributed by atoms with Crippen LogP contribution in [-0.2, 0) is 0 Å². The third-order valence-electron chi connectivity index (χ3n) is 5.37. The molecule has 4 aromatic carbocycles. The van der Waals surface area contributed by atoms with E-state index in [0.717, 1.165) is 21.5 Å². The highest BCUT2D eigenvalue weighted by atomic mass is 14.8. The molecular weight excluding hydrogens is 320 g/mol. The van der Waals surface area contributed by atoms with E-state index >= 15 is 0 Å². The van der Waals surface area contributed by atoms with E-state index in [1.165, 1.54) is 21.9 Å². The fourth-order valence-electron chi connectivity index (χ4n) is 4.03. The van der Waals surface area contributed by atoms with Gasteiger partial charge in [0.05, 0.1) is 11.0 Å². The summed E-state index contributed by atoms with van der Waals surface area (Å²) >= 11 is 0. The van der Waals surface area contributed by atoms with Gasteiger partial charge in [-0.1, -0.05) is 36.4 Å². The molecule has 0 aliphatic carbocycles. The van der Waals surface area contributed by atoms with Gasteiger partial charge in [-0.15, -0.1) is 0 Å². The van der Waals surface area contributed by atoms with E-state index in [4.69, 9.17) is 0 Å². The lowest BCUT2D eigenvalue weighted by Crippen LogP contribution is -1.99. The van der Waals surface area contributed by atoms with Gasteiger partial charge in [-0.25, -0.2) is 9.97 Å². The van der Waals surface area contributed by atoms with Crippen molar-refractivity contribution < 1.29 is 0 Å². The first-order valence-electron chi connectivity index (χ1n) is 8.33. The van der Waals surface area contributed by atoms with Crippen LogP contribution in [0.15, 0.2) is 36.4 Å². The summed E-state index contributed by atoms with van der Waals surface area (Å²) in [6, 6.07) is 16.3. The first kappa shape index (κ1) is 14.6. The maximum Gasteiger partial charge on any atom is 0.177 e. The smallest absolute Gasteiger partial charge is 0.177 e. The Morgan fingerprint density at radius 3 is 1.42 bits per heavy atom. The van der Waals surface area contributed by atoms with Crippen LogP contribution >= 0.6 is 0 Å². The molecule has 0 unspecified atom stereocenters. The molecule has 0 aliphatic rings. The molecule has 0 bridgehead atoms. The predicted octanol–water partition coefficient (Wildman–Crippen LogP) is 4.89. The molecular formula is C22H12N4. The zero-order chi connectivity index (χ0) is 18.0. The van der Waals surface area contributed by atoms with Crippen LogP contribution < -0.4 is 0 Å². The lowest BCUT2D eigenvalue weighted by molar-refractivity contribution is 1.21. The second-order valence-corrected chi connectivity index (χ2v) is 6.55. The van der Waals surface area contributed by atoms with Gasteiger partial charge in [-0.2, -0.15) is 10.5 Å². The number of aryl methyl sites for hydroxylation is 2. The van der Waals surface area contributed by atoms with Crippen molar-refractivity contribution in [2.45, 2.75) is 13.8 Å². The number of hydrogen-bond acceptors (Lipinski definition) is 4. The number of nitrogens with zero attached hydrogens (tertiary/aromatic N) is 4. The van der Waals surface area contributed by atoms with Gasteiger partial charge in [-0.3, -0.25) is 0 Å². The van der Waals surface area contributed by atoms with Crippen molar-refractivity contribution in [3.63, 3.8) is 0 Å². The molecule has 0 saturated carbocycles. The van der Waals surface area contributed by atoms with Crippen molar-refractivity contribution in [3.05, 3.63) is 58.9 Å². The van der Waals surface area contributed by atoms with Crippen molar-refractivity contribution in [2.75, 3.05) is 0 Å². The number of hydrogen-bond donors (Lipinski definition) is 0. The predicted molar refractivity (Wildman–Crippen MR) is 102 cm³/mol. The minimum atomic E-state index is 0.0720. The molecule has 0 spiro atoms. The Morgan fingerprint density at radius 2 is 1.04 bits per heavy atom. The van der Waals surface area contributed by atoms with E-state index in [1.807, 2.05) is 36.4 Å². The molecule has 0 aliphatic heterocycles. The number of rotatable bonds is 0. The Bertz CT molecular complexity index is 1350. The molecule has 4 nitrogen and oxygen atoms in total. The minimum Gasteiger partial charge on any atom is -0.232 e. The first-order chi connectivity index (χ1) is 12.7. The number of benzene rings is 4. The van der Waals surface area contributed by atoms with E-state index in [1.54, 1.807) is 0 Å². The maximum atomic E-state index is 9.37. The molecule has 1 heterocycles. The van der Waals surface area contributed by atoms with E-state index < -0.39 is 0 Å². The molecule has 4 heteroatoms. The summed E-state index contributed by atoms with van der Waals surface area (Å²) in [5, 5.41) is 25.4. The number of fused-ring (bicyclic) bond motifs is 3. The molecule has 5 aromatic rings. The van der Waals surface area contributed by atoms with Gasteiger partial charge in [0.25, 0.3) is 0 Å². The van der Waals surface area contributed by atoms with Crippen molar-refractivity contribution in [2.24, 2.45) is 0 Å². The van der Waals surface area contributed by atoms with Crippen molar-refractivity contribution in [1.29, 1.82) is 10.5 Å². The van der Waals surface area contributed by atoms with Crippen LogP contribution in [-0.4, -0.2) is 9.97 Å². The summed E-state index contributed by atoms with van der Waals surface area (Å²) in [5.74, 6) is 0. The Labute approximate surface area is 149 Å². The second-order valence-electron chi connectivity index (χ2n) is 6.55. The third kappa shape index (κ3) is 1.61. The molecule has 120 valence electrons. The Balaban J connectivity index is 2.24. The Hall–Kier alpha value is -3.76. The normalized spacial score (nSPS) is 11.4. The van der Waals surface area contributed by atoms with Gasteiger partial charge >= 0.3 is 0 Å². The lowest BCUT2D eigenvalue weighted by atomic mass is 9.87. The highest BCUT2D eigenvalue weighted by Crippen LogP contribution is 2.42. The SMILES string of the molecule is Cc1c(C)c2cccc3c4nc(C#N)c(C#N)nc4c4cccc1c4c23. The third-order valence-corrected chi connectivity index (χ3v) is 5.37. The van der Waals surface area contributed by atoms with Crippen LogP contribution in [0.4, 0.5) is 0 Å². The fraction of sp³-hybridized carbons (Fsp3) is 0.0909. The van der Waals surface area contributed by atoms with Gasteiger partial charge in [0, 0.05) is 10.8 Å². The van der Waals surface area contributed by atoms with Crippen LogP contribution in [0.1, 0.15) is 22.5 Å². The summed E-state index contributed by atoms with van der Waals surface area (Å²) in [6.45, 7) is 4.28. The molecule has 0 saturated heterocycles. The van der Waals surface area contributed by atoms with Gasteiger partial charge < -0.3 is 0 Å². The number of nitriles is 2. The first-order valence-corrected chi connectivity index (χ1v) is 8.33. The van der Waals surface area contributed by atoms with Gasteiger partial charge in [0.15, 0.2) is 11.4 Å². The Morgan fingerprint density at radius 1 is 0.654 bits per heavy atom. The van der Waals surface area contributed by atoms with Crippen molar-refractivity contribution >= 4 is 43.4 Å². The van der Waals surface area contributed by atoms with E-state index in [0.29, 0.717) is 11.0 Å². The summed E-state index contributed by atoms with van der Waals surface area (Å²) in [7, 11) is 0. The molecule has 26 heavy (non-hydrogen) atoms.